The number of aliphatic hydroxyl groups is 1. The summed E-state index contributed by atoms with van der Waals surface area (Å²) >= 11 is 0.894. The predicted octanol–water partition coefficient (Wildman–Crippen LogP) is 3.26. The highest BCUT2D eigenvalue weighted by molar-refractivity contribution is 7.90. The lowest BCUT2D eigenvalue weighted by Crippen LogP contribution is -2.11. The van der Waals surface area contributed by atoms with Gasteiger partial charge in [0.2, 0.25) is 0 Å². The van der Waals surface area contributed by atoms with Crippen LogP contribution in [0.5, 0.6) is 0 Å². The van der Waals surface area contributed by atoms with Gasteiger partial charge in [-0.15, -0.1) is 11.3 Å². The Labute approximate surface area is 181 Å². The summed E-state index contributed by atoms with van der Waals surface area (Å²) in [6.45, 7) is 1.51. The molecular formula is C20H19F2N3O4S2. The van der Waals surface area contributed by atoms with E-state index in [0.717, 1.165) is 35.9 Å². The van der Waals surface area contributed by atoms with Crippen LogP contribution in [-0.2, 0) is 16.3 Å². The third kappa shape index (κ3) is 5.24. The van der Waals surface area contributed by atoms with E-state index < -0.39 is 33.5 Å². The number of pyridine rings is 1. The summed E-state index contributed by atoms with van der Waals surface area (Å²) < 4.78 is 52.4. The minimum atomic E-state index is -3.43. The molecule has 0 radical (unpaired) electrons. The molecule has 0 aliphatic rings. The first-order valence-electron chi connectivity index (χ1n) is 8.99. The van der Waals surface area contributed by atoms with E-state index in [4.69, 9.17) is 5.73 Å². The number of aromatic nitrogens is 1. The molecule has 0 saturated heterocycles. The number of carbonyl (C=O) groups is 1. The van der Waals surface area contributed by atoms with E-state index >= 15 is 0 Å². The number of sulfone groups is 1. The van der Waals surface area contributed by atoms with E-state index in [2.05, 4.69) is 10.3 Å². The molecule has 0 aliphatic carbocycles. The van der Waals surface area contributed by atoms with Gasteiger partial charge in [-0.2, -0.15) is 0 Å². The summed E-state index contributed by atoms with van der Waals surface area (Å²) in [5.74, 6) is -2.27. The van der Waals surface area contributed by atoms with Gasteiger partial charge in [0.05, 0.1) is 22.1 Å². The molecule has 0 spiro atoms. The van der Waals surface area contributed by atoms with Crippen LogP contribution in [0.25, 0.3) is 10.4 Å². The van der Waals surface area contributed by atoms with Crippen LogP contribution in [0, 0.1) is 11.6 Å². The Hall–Kier alpha value is -2.89. The number of primary amides is 1. The summed E-state index contributed by atoms with van der Waals surface area (Å²) in [5, 5.41) is 12.5. The van der Waals surface area contributed by atoms with Crippen molar-refractivity contribution < 1.29 is 27.1 Å². The Morgan fingerprint density at radius 3 is 2.39 bits per heavy atom. The molecule has 4 N–H and O–H groups in total. The third-order valence-electron chi connectivity index (χ3n) is 4.28. The van der Waals surface area contributed by atoms with E-state index in [9.17, 15) is 27.1 Å². The van der Waals surface area contributed by atoms with Crippen molar-refractivity contribution in [1.82, 2.24) is 4.98 Å². The van der Waals surface area contributed by atoms with Crippen LogP contribution < -0.4 is 11.1 Å². The van der Waals surface area contributed by atoms with E-state index in [0.29, 0.717) is 5.56 Å². The minimum absolute atomic E-state index is 0.000784. The molecule has 1 amide bonds. The maximum atomic E-state index is 14.7. The summed E-state index contributed by atoms with van der Waals surface area (Å²) in [6, 6.07) is 6.27. The number of benzene rings is 1. The quantitative estimate of drug-likeness (QED) is 0.490. The Kier molecular flexibility index (Phi) is 6.39. The maximum absolute atomic E-state index is 14.7. The number of carbonyl (C=O) groups excluding carboxylic acids is 1. The Bertz CT molecular complexity index is 1220. The molecule has 7 nitrogen and oxygen atoms in total. The molecule has 1 atom stereocenters. The largest absolute Gasteiger partial charge is 0.393 e. The van der Waals surface area contributed by atoms with Crippen molar-refractivity contribution in [3.05, 3.63) is 59.3 Å². The van der Waals surface area contributed by atoms with Crippen molar-refractivity contribution in [2.75, 3.05) is 11.6 Å². The van der Waals surface area contributed by atoms with Gasteiger partial charge in [0.25, 0.3) is 5.91 Å². The first-order valence-corrected chi connectivity index (χ1v) is 11.7. The molecule has 2 aromatic heterocycles. The Morgan fingerprint density at radius 1 is 1.26 bits per heavy atom. The van der Waals surface area contributed by atoms with Gasteiger partial charge in [-0.3, -0.25) is 4.79 Å². The molecule has 3 rings (SSSR count). The van der Waals surface area contributed by atoms with Gasteiger partial charge < -0.3 is 16.2 Å². The molecule has 164 valence electrons. The first kappa shape index (κ1) is 22.8. The number of aliphatic hydroxyl groups excluding tert-OH is 1. The number of nitrogens with two attached hydrogens (primary N) is 1. The molecule has 0 saturated carbocycles. The Balaban J connectivity index is 1.99. The lowest BCUT2D eigenvalue weighted by Gasteiger charge is -2.08. The summed E-state index contributed by atoms with van der Waals surface area (Å²) in [7, 11) is -3.43. The van der Waals surface area contributed by atoms with Crippen LogP contribution in [0.2, 0.25) is 0 Å². The highest BCUT2D eigenvalue weighted by atomic mass is 32.2. The zero-order chi connectivity index (χ0) is 22.9. The second kappa shape index (κ2) is 8.69. The molecule has 1 unspecified atom stereocenters. The first-order chi connectivity index (χ1) is 14.5. The molecule has 0 fully saturated rings. The average Bonchev–Trinajstić information content (AvgIpc) is 3.03. The van der Waals surface area contributed by atoms with Crippen molar-refractivity contribution in [2.45, 2.75) is 24.3 Å². The molecular weight excluding hydrogens is 448 g/mol. The highest BCUT2D eigenvalue weighted by Gasteiger charge is 2.21. The number of hydrogen-bond acceptors (Lipinski definition) is 7. The number of halogens is 2. The topological polar surface area (TPSA) is 122 Å². The SMILES string of the molecule is CC(O)Cc1cc(F)c(-c2cc(C(N)=O)c(Nc3ccc(S(C)(=O)=O)cn3)s2)c(F)c1. The van der Waals surface area contributed by atoms with Gasteiger partial charge in [-0.25, -0.2) is 22.2 Å². The van der Waals surface area contributed by atoms with Gasteiger partial charge in [0.1, 0.15) is 22.5 Å². The summed E-state index contributed by atoms with van der Waals surface area (Å²) in [4.78, 5) is 16.0. The van der Waals surface area contributed by atoms with E-state index in [-0.39, 0.29) is 38.1 Å². The number of thiophene rings is 1. The molecule has 31 heavy (non-hydrogen) atoms. The lowest BCUT2D eigenvalue weighted by molar-refractivity contribution is 0.100. The number of nitrogens with one attached hydrogen (secondary N) is 1. The fourth-order valence-corrected chi connectivity index (χ4v) is 4.58. The van der Waals surface area contributed by atoms with Gasteiger partial charge in [-0.1, -0.05) is 0 Å². The van der Waals surface area contributed by atoms with Gasteiger partial charge in [-0.05, 0) is 49.2 Å². The van der Waals surface area contributed by atoms with E-state index in [1.165, 1.54) is 25.1 Å². The summed E-state index contributed by atoms with van der Waals surface area (Å²) in [6.07, 6.45) is 1.53. The van der Waals surface area contributed by atoms with Crippen molar-refractivity contribution in [2.24, 2.45) is 5.73 Å². The van der Waals surface area contributed by atoms with Crippen molar-refractivity contribution >= 4 is 37.9 Å². The molecule has 2 heterocycles. The lowest BCUT2D eigenvalue weighted by atomic mass is 10.0. The monoisotopic (exact) mass is 467 g/mol. The molecule has 1 aromatic carbocycles. The van der Waals surface area contributed by atoms with Crippen LogP contribution in [-0.4, -0.2) is 36.8 Å². The highest BCUT2D eigenvalue weighted by Crippen LogP contribution is 2.39. The van der Waals surface area contributed by atoms with Crippen molar-refractivity contribution in [3.63, 3.8) is 0 Å². The van der Waals surface area contributed by atoms with Crippen LogP contribution in [0.15, 0.2) is 41.4 Å². The van der Waals surface area contributed by atoms with Crippen molar-refractivity contribution in [1.29, 1.82) is 0 Å². The van der Waals surface area contributed by atoms with Crippen LogP contribution in [0.3, 0.4) is 0 Å². The number of hydrogen-bond donors (Lipinski definition) is 3. The number of rotatable bonds is 7. The van der Waals surface area contributed by atoms with E-state index in [1.807, 2.05) is 0 Å². The number of amides is 1. The number of nitrogens with zero attached hydrogens (tertiary/aromatic N) is 1. The van der Waals surface area contributed by atoms with Gasteiger partial charge in [0.15, 0.2) is 9.84 Å². The molecule has 11 heteroatoms. The standard InChI is InChI=1S/C20H19F2N3O4S2/c1-10(26)5-11-6-14(21)18(15(22)7-11)16-8-13(19(23)27)20(30-16)25-17-4-3-12(9-24-17)31(2,28)29/h3-4,6-10,26H,5H2,1-2H3,(H2,23,27)(H,24,25). The van der Waals surface area contributed by atoms with Gasteiger partial charge >= 0.3 is 0 Å². The van der Waals surface area contributed by atoms with E-state index in [1.54, 1.807) is 0 Å². The minimum Gasteiger partial charge on any atom is -0.393 e. The van der Waals surface area contributed by atoms with Crippen molar-refractivity contribution in [3.8, 4) is 10.4 Å². The third-order valence-corrected chi connectivity index (χ3v) is 6.45. The predicted molar refractivity (Wildman–Crippen MR) is 114 cm³/mol. The molecule has 3 aromatic rings. The van der Waals surface area contributed by atoms with Crippen LogP contribution >= 0.6 is 11.3 Å². The van der Waals surface area contributed by atoms with Gasteiger partial charge in [0, 0.05) is 17.3 Å². The normalized spacial score (nSPS) is 12.5. The smallest absolute Gasteiger partial charge is 0.251 e. The summed E-state index contributed by atoms with van der Waals surface area (Å²) in [5.41, 5.74) is 5.39. The second-order valence-corrected chi connectivity index (χ2v) is 10.0. The van der Waals surface area contributed by atoms with Crippen LogP contribution in [0.1, 0.15) is 22.8 Å². The molecule has 0 bridgehead atoms. The number of anilines is 2. The fourth-order valence-electron chi connectivity index (χ4n) is 2.90. The zero-order valence-electron chi connectivity index (χ0n) is 16.5. The second-order valence-electron chi connectivity index (χ2n) is 6.98. The molecule has 0 aliphatic heterocycles. The fraction of sp³-hybridized carbons (Fsp3) is 0.200. The zero-order valence-corrected chi connectivity index (χ0v) is 18.2. The maximum Gasteiger partial charge on any atom is 0.251 e. The average molecular weight is 468 g/mol. The Morgan fingerprint density at radius 2 is 1.90 bits per heavy atom. The van der Waals surface area contributed by atoms with Crippen LogP contribution in [0.4, 0.5) is 19.6 Å².